The van der Waals surface area contributed by atoms with Crippen molar-refractivity contribution < 1.29 is 4.74 Å². The summed E-state index contributed by atoms with van der Waals surface area (Å²) in [6, 6.07) is 10.7. The lowest BCUT2D eigenvalue weighted by Crippen LogP contribution is -2.49. The predicted molar refractivity (Wildman–Crippen MR) is 94.7 cm³/mol. The van der Waals surface area contributed by atoms with Crippen LogP contribution in [0.3, 0.4) is 0 Å². The van der Waals surface area contributed by atoms with E-state index < -0.39 is 0 Å². The summed E-state index contributed by atoms with van der Waals surface area (Å²) in [5.41, 5.74) is 1.61. The molecule has 0 amide bonds. The van der Waals surface area contributed by atoms with Crippen LogP contribution in [-0.4, -0.2) is 18.0 Å². The number of ether oxygens (including phenoxy) is 1. The number of aliphatic imine (C=N–C) groups is 1. The largest absolute Gasteiger partial charge is 0.481 e. The smallest absolute Gasteiger partial charge is 0.184 e. The van der Waals surface area contributed by atoms with Crippen molar-refractivity contribution in [2.45, 2.75) is 63.8 Å². The first-order valence-corrected chi connectivity index (χ1v) is 9.50. The number of benzene rings is 1. The summed E-state index contributed by atoms with van der Waals surface area (Å²) in [5, 5.41) is 0. The Bertz CT molecular complexity index is 527. The molecule has 0 heterocycles. The van der Waals surface area contributed by atoms with Gasteiger partial charge < -0.3 is 4.74 Å². The molecule has 4 aliphatic rings. The van der Waals surface area contributed by atoms with E-state index in [2.05, 4.69) is 37.3 Å². The van der Waals surface area contributed by atoms with Crippen LogP contribution in [0.25, 0.3) is 0 Å². The van der Waals surface area contributed by atoms with Crippen LogP contribution >= 0.6 is 0 Å². The minimum absolute atomic E-state index is 0.232. The van der Waals surface area contributed by atoms with Crippen molar-refractivity contribution in [3.8, 4) is 0 Å². The molecule has 2 heteroatoms. The molecule has 0 aliphatic heterocycles. The fourth-order valence-electron chi connectivity index (χ4n) is 5.69. The second-order valence-electron chi connectivity index (χ2n) is 8.07. The van der Waals surface area contributed by atoms with Crippen LogP contribution in [0.4, 0.5) is 0 Å². The molecule has 0 N–H and O–H groups in total. The molecule has 124 valence electrons. The zero-order valence-electron chi connectivity index (χ0n) is 14.3. The first-order chi connectivity index (χ1) is 11.2. The molecule has 0 saturated heterocycles. The minimum Gasteiger partial charge on any atom is -0.481 e. The number of rotatable bonds is 5. The molecule has 0 spiro atoms. The molecule has 4 saturated carbocycles. The molecule has 23 heavy (non-hydrogen) atoms. The van der Waals surface area contributed by atoms with Crippen LogP contribution in [0.2, 0.25) is 0 Å². The summed E-state index contributed by atoms with van der Waals surface area (Å²) in [5.74, 6) is 3.85. The third-order valence-corrected chi connectivity index (χ3v) is 6.15. The van der Waals surface area contributed by atoms with Crippen molar-refractivity contribution in [2.24, 2.45) is 22.7 Å². The van der Waals surface area contributed by atoms with Crippen molar-refractivity contribution in [3.05, 3.63) is 35.9 Å². The fourth-order valence-corrected chi connectivity index (χ4v) is 5.69. The van der Waals surface area contributed by atoms with Crippen molar-refractivity contribution in [1.82, 2.24) is 0 Å². The third-order valence-electron chi connectivity index (χ3n) is 6.15. The van der Waals surface area contributed by atoms with Gasteiger partial charge in [-0.05, 0) is 75.2 Å². The van der Waals surface area contributed by atoms with Gasteiger partial charge in [-0.3, -0.25) is 0 Å². The lowest BCUT2D eigenvalue weighted by Gasteiger charge is -2.55. The Morgan fingerprint density at radius 1 is 1.04 bits per heavy atom. The molecule has 0 atom stereocenters. The molecule has 2 nitrogen and oxygen atoms in total. The van der Waals surface area contributed by atoms with Gasteiger partial charge in [-0.25, -0.2) is 4.99 Å². The van der Waals surface area contributed by atoms with Crippen LogP contribution in [-0.2, 0) is 11.2 Å². The Labute approximate surface area is 140 Å². The number of aryl methyl sites for hydroxylation is 1. The van der Waals surface area contributed by atoms with E-state index in [1.165, 1.54) is 44.1 Å². The van der Waals surface area contributed by atoms with E-state index in [1.807, 2.05) is 0 Å². The van der Waals surface area contributed by atoms with Crippen LogP contribution < -0.4 is 0 Å². The SMILES string of the molecule is CCOC(CCc1ccccc1)=NC12CC3CC(CC(C3)C1)C2. The molecule has 0 radical (unpaired) electrons. The van der Waals surface area contributed by atoms with Gasteiger partial charge in [0, 0.05) is 6.42 Å². The molecule has 0 unspecified atom stereocenters. The van der Waals surface area contributed by atoms with E-state index in [0.717, 1.165) is 43.1 Å². The Morgan fingerprint density at radius 3 is 2.22 bits per heavy atom. The maximum Gasteiger partial charge on any atom is 0.184 e. The Balaban J connectivity index is 1.49. The number of hydrogen-bond acceptors (Lipinski definition) is 2. The Morgan fingerprint density at radius 2 is 1.65 bits per heavy atom. The first kappa shape index (κ1) is 15.2. The summed E-state index contributed by atoms with van der Waals surface area (Å²) in [7, 11) is 0. The second kappa shape index (κ2) is 6.30. The highest BCUT2D eigenvalue weighted by Gasteiger charge is 2.51. The van der Waals surface area contributed by atoms with Gasteiger partial charge in [0.05, 0.1) is 12.1 Å². The minimum atomic E-state index is 0.232. The van der Waals surface area contributed by atoms with Crippen molar-refractivity contribution in [1.29, 1.82) is 0 Å². The quantitative estimate of drug-likeness (QED) is 0.552. The average Bonchev–Trinajstić information content (AvgIpc) is 2.52. The molecular weight excluding hydrogens is 282 g/mol. The van der Waals surface area contributed by atoms with Gasteiger partial charge in [-0.1, -0.05) is 30.3 Å². The third kappa shape index (κ3) is 3.32. The average molecular weight is 311 g/mol. The summed E-state index contributed by atoms with van der Waals surface area (Å²) in [6.07, 6.45) is 10.4. The van der Waals surface area contributed by atoms with Crippen LogP contribution in [0, 0.1) is 17.8 Å². The summed E-state index contributed by atoms with van der Waals surface area (Å²) >= 11 is 0. The zero-order valence-corrected chi connectivity index (χ0v) is 14.3. The number of nitrogens with zero attached hydrogens (tertiary/aromatic N) is 1. The molecule has 0 aromatic heterocycles. The van der Waals surface area contributed by atoms with E-state index in [0.29, 0.717) is 0 Å². The van der Waals surface area contributed by atoms with E-state index >= 15 is 0 Å². The van der Waals surface area contributed by atoms with E-state index in [-0.39, 0.29) is 5.54 Å². The van der Waals surface area contributed by atoms with Gasteiger partial charge in [0.2, 0.25) is 0 Å². The zero-order chi connectivity index (χ0) is 15.7. The van der Waals surface area contributed by atoms with Gasteiger partial charge in [0.25, 0.3) is 0 Å². The second-order valence-corrected chi connectivity index (χ2v) is 8.07. The van der Waals surface area contributed by atoms with Crippen LogP contribution in [0.15, 0.2) is 35.3 Å². The van der Waals surface area contributed by atoms with Gasteiger partial charge in [0.1, 0.15) is 0 Å². The van der Waals surface area contributed by atoms with E-state index in [4.69, 9.17) is 9.73 Å². The fraction of sp³-hybridized carbons (Fsp3) is 0.667. The molecule has 4 bridgehead atoms. The highest BCUT2D eigenvalue weighted by atomic mass is 16.5. The predicted octanol–water partition coefficient (Wildman–Crippen LogP) is 5.02. The van der Waals surface area contributed by atoms with Gasteiger partial charge >= 0.3 is 0 Å². The molecule has 1 aromatic rings. The van der Waals surface area contributed by atoms with Gasteiger partial charge in [-0.15, -0.1) is 0 Å². The van der Waals surface area contributed by atoms with Crippen molar-refractivity contribution in [2.75, 3.05) is 6.61 Å². The lowest BCUT2D eigenvalue weighted by molar-refractivity contribution is 0.000379. The van der Waals surface area contributed by atoms with Crippen LogP contribution in [0.5, 0.6) is 0 Å². The maximum absolute atomic E-state index is 5.95. The molecular formula is C21H29NO. The lowest BCUT2D eigenvalue weighted by atomic mass is 9.53. The van der Waals surface area contributed by atoms with Gasteiger partial charge in [-0.2, -0.15) is 0 Å². The van der Waals surface area contributed by atoms with Crippen molar-refractivity contribution in [3.63, 3.8) is 0 Å². The van der Waals surface area contributed by atoms with E-state index in [1.54, 1.807) is 0 Å². The molecule has 1 aromatic carbocycles. The normalized spacial score (nSPS) is 35.5. The van der Waals surface area contributed by atoms with Gasteiger partial charge in [0.15, 0.2) is 5.90 Å². The van der Waals surface area contributed by atoms with E-state index in [9.17, 15) is 0 Å². The highest BCUT2D eigenvalue weighted by molar-refractivity contribution is 5.77. The summed E-state index contributed by atoms with van der Waals surface area (Å²) in [6.45, 7) is 2.82. The number of hydrogen-bond donors (Lipinski definition) is 0. The molecule has 4 fully saturated rings. The van der Waals surface area contributed by atoms with Crippen molar-refractivity contribution >= 4 is 5.90 Å². The standard InChI is InChI=1S/C21H29NO/c1-2-23-20(9-8-16-6-4-3-5-7-16)22-21-13-17-10-18(14-21)12-19(11-17)15-21/h3-7,17-19H,2,8-15H2,1H3. The first-order valence-electron chi connectivity index (χ1n) is 9.50. The van der Waals surface area contributed by atoms with Crippen LogP contribution in [0.1, 0.15) is 57.4 Å². The topological polar surface area (TPSA) is 21.6 Å². The summed E-state index contributed by atoms with van der Waals surface area (Å²) < 4.78 is 5.95. The molecule has 4 aliphatic carbocycles. The Kier molecular flexibility index (Phi) is 4.17. The monoisotopic (exact) mass is 311 g/mol. The Hall–Kier alpha value is -1.31. The summed E-state index contributed by atoms with van der Waals surface area (Å²) in [4.78, 5) is 5.27. The maximum atomic E-state index is 5.95. The molecule has 5 rings (SSSR count). The highest BCUT2D eigenvalue weighted by Crippen LogP contribution is 2.57.